The van der Waals surface area contributed by atoms with Gasteiger partial charge in [-0.1, -0.05) is 30.3 Å². The van der Waals surface area contributed by atoms with Crippen LogP contribution >= 0.6 is 11.3 Å². The number of nitrogens with one attached hydrogen (secondary N) is 2. The summed E-state index contributed by atoms with van der Waals surface area (Å²) in [5.41, 5.74) is 2.32. The number of rotatable bonds is 9. The third-order valence-corrected chi connectivity index (χ3v) is 5.06. The Morgan fingerprint density at radius 2 is 1.96 bits per heavy atom. The predicted molar refractivity (Wildman–Crippen MR) is 100 cm³/mol. The van der Waals surface area contributed by atoms with Crippen molar-refractivity contribution in [3.8, 4) is 0 Å². The topological polar surface area (TPSA) is 78.4 Å². The lowest BCUT2D eigenvalue weighted by atomic mass is 10.0. The van der Waals surface area contributed by atoms with E-state index in [1.165, 1.54) is 10.4 Å². The Hall–Kier alpha value is -2.34. The van der Waals surface area contributed by atoms with Crippen molar-refractivity contribution in [2.75, 3.05) is 6.54 Å². The molecule has 6 heteroatoms. The van der Waals surface area contributed by atoms with Crippen molar-refractivity contribution >= 4 is 23.3 Å². The number of amides is 2. The van der Waals surface area contributed by atoms with Gasteiger partial charge in [0.2, 0.25) is 0 Å². The molecule has 1 aromatic heterocycles. The summed E-state index contributed by atoms with van der Waals surface area (Å²) in [6, 6.07) is 11.4. The number of carbonyl (C=O) groups is 2. The molecule has 0 fully saturated rings. The number of hydrogen-bond donors (Lipinski definition) is 3. The van der Waals surface area contributed by atoms with Crippen LogP contribution in [0.4, 0.5) is 4.79 Å². The Kier molecular flexibility index (Phi) is 7.47. The third kappa shape index (κ3) is 6.97. The number of carboxylic acid groups (broad SMARTS) is 1. The fourth-order valence-corrected chi connectivity index (χ4v) is 3.52. The van der Waals surface area contributed by atoms with Crippen LogP contribution in [0.25, 0.3) is 0 Å². The molecule has 1 heterocycles. The van der Waals surface area contributed by atoms with Crippen LogP contribution < -0.4 is 10.6 Å². The second kappa shape index (κ2) is 9.84. The number of hydrogen-bond acceptors (Lipinski definition) is 3. The molecule has 0 aliphatic carbocycles. The Bertz CT molecular complexity index is 685. The molecule has 0 bridgehead atoms. The first-order valence-corrected chi connectivity index (χ1v) is 9.25. The van der Waals surface area contributed by atoms with Crippen LogP contribution in [0, 0.1) is 6.92 Å². The lowest BCUT2D eigenvalue weighted by molar-refractivity contribution is -0.137. The lowest BCUT2D eigenvalue weighted by Crippen LogP contribution is -2.44. The van der Waals surface area contributed by atoms with E-state index in [1.54, 1.807) is 11.3 Å². The highest BCUT2D eigenvalue weighted by atomic mass is 32.1. The smallest absolute Gasteiger partial charge is 0.315 e. The zero-order chi connectivity index (χ0) is 18.1. The fraction of sp³-hybridized carbons (Fsp3) is 0.368. The van der Waals surface area contributed by atoms with Crippen LogP contribution in [0.5, 0.6) is 0 Å². The van der Waals surface area contributed by atoms with Gasteiger partial charge in [0.25, 0.3) is 0 Å². The molecule has 1 unspecified atom stereocenters. The van der Waals surface area contributed by atoms with Gasteiger partial charge in [-0.05, 0) is 48.8 Å². The summed E-state index contributed by atoms with van der Waals surface area (Å²) in [6.07, 6.45) is 1.86. The Labute approximate surface area is 152 Å². The largest absolute Gasteiger partial charge is 0.481 e. The SMILES string of the molecule is Cc1ccsc1CCNC(=O)NC(CCC(=O)O)Cc1ccccc1. The average molecular weight is 360 g/mol. The molecule has 25 heavy (non-hydrogen) atoms. The number of benzene rings is 1. The Morgan fingerprint density at radius 1 is 1.20 bits per heavy atom. The Morgan fingerprint density at radius 3 is 2.60 bits per heavy atom. The fourth-order valence-electron chi connectivity index (χ4n) is 2.61. The molecule has 2 amide bonds. The van der Waals surface area contributed by atoms with Gasteiger partial charge in [-0.25, -0.2) is 4.79 Å². The van der Waals surface area contributed by atoms with Crippen molar-refractivity contribution in [1.29, 1.82) is 0 Å². The molecule has 2 rings (SSSR count). The van der Waals surface area contributed by atoms with E-state index in [9.17, 15) is 9.59 Å². The van der Waals surface area contributed by atoms with Crippen molar-refractivity contribution < 1.29 is 14.7 Å². The van der Waals surface area contributed by atoms with E-state index in [0.29, 0.717) is 19.4 Å². The number of aryl methyl sites for hydroxylation is 1. The summed E-state index contributed by atoms with van der Waals surface area (Å²) in [5.74, 6) is -0.853. The number of aliphatic carboxylic acids is 1. The van der Waals surface area contributed by atoms with Gasteiger partial charge in [0, 0.05) is 23.9 Å². The molecule has 2 aromatic rings. The zero-order valence-electron chi connectivity index (χ0n) is 14.3. The second-order valence-electron chi connectivity index (χ2n) is 6.00. The highest BCUT2D eigenvalue weighted by molar-refractivity contribution is 7.10. The minimum Gasteiger partial charge on any atom is -0.481 e. The molecular formula is C19H24N2O3S. The monoisotopic (exact) mass is 360 g/mol. The molecule has 1 atom stereocenters. The van der Waals surface area contributed by atoms with Crippen molar-refractivity contribution in [2.45, 2.75) is 38.6 Å². The molecule has 0 radical (unpaired) electrons. The molecule has 0 saturated heterocycles. The first-order valence-electron chi connectivity index (χ1n) is 8.37. The number of thiophene rings is 1. The van der Waals surface area contributed by atoms with E-state index >= 15 is 0 Å². The van der Waals surface area contributed by atoms with Gasteiger partial charge in [-0.3, -0.25) is 4.79 Å². The maximum Gasteiger partial charge on any atom is 0.315 e. The quantitative estimate of drug-likeness (QED) is 0.641. The summed E-state index contributed by atoms with van der Waals surface area (Å²) in [4.78, 5) is 24.3. The molecule has 0 saturated carbocycles. The summed E-state index contributed by atoms with van der Waals surface area (Å²) in [6.45, 7) is 2.62. The van der Waals surface area contributed by atoms with Gasteiger partial charge < -0.3 is 15.7 Å². The number of urea groups is 1. The normalized spacial score (nSPS) is 11.7. The summed E-state index contributed by atoms with van der Waals surface area (Å²) >= 11 is 1.69. The summed E-state index contributed by atoms with van der Waals surface area (Å²) in [5, 5.41) is 16.7. The van der Waals surface area contributed by atoms with E-state index in [2.05, 4.69) is 23.6 Å². The second-order valence-corrected chi connectivity index (χ2v) is 7.00. The minimum atomic E-state index is -0.853. The van der Waals surface area contributed by atoms with Crippen molar-refractivity contribution in [3.63, 3.8) is 0 Å². The zero-order valence-corrected chi connectivity index (χ0v) is 15.1. The van der Waals surface area contributed by atoms with Gasteiger partial charge >= 0.3 is 12.0 Å². The minimum absolute atomic E-state index is 0.0339. The number of carbonyl (C=O) groups excluding carboxylic acids is 1. The van der Waals surface area contributed by atoms with Crippen LogP contribution in [0.1, 0.15) is 28.8 Å². The standard InChI is InChI=1S/C19H24N2O3S/c1-14-10-12-25-17(14)9-11-20-19(24)21-16(7-8-18(22)23)13-15-5-3-2-4-6-15/h2-6,10,12,16H,7-9,11,13H2,1H3,(H,22,23)(H2,20,21,24). The molecule has 0 aliphatic heterocycles. The molecule has 134 valence electrons. The molecule has 0 spiro atoms. The Balaban J connectivity index is 1.82. The van der Waals surface area contributed by atoms with Crippen LogP contribution in [-0.2, 0) is 17.6 Å². The maximum absolute atomic E-state index is 12.1. The van der Waals surface area contributed by atoms with Gasteiger partial charge in [-0.2, -0.15) is 0 Å². The van der Waals surface area contributed by atoms with Crippen molar-refractivity contribution in [3.05, 3.63) is 57.8 Å². The van der Waals surface area contributed by atoms with E-state index < -0.39 is 5.97 Å². The highest BCUT2D eigenvalue weighted by Gasteiger charge is 2.14. The predicted octanol–water partition coefficient (Wildman–Crippen LogP) is 3.37. The van der Waals surface area contributed by atoms with Crippen LogP contribution in [0.2, 0.25) is 0 Å². The molecular weight excluding hydrogens is 336 g/mol. The van der Waals surface area contributed by atoms with E-state index in [-0.39, 0.29) is 18.5 Å². The highest BCUT2D eigenvalue weighted by Crippen LogP contribution is 2.15. The van der Waals surface area contributed by atoms with E-state index in [4.69, 9.17) is 5.11 Å². The van der Waals surface area contributed by atoms with Crippen molar-refractivity contribution in [2.24, 2.45) is 0 Å². The molecule has 5 nitrogen and oxygen atoms in total. The summed E-state index contributed by atoms with van der Waals surface area (Å²) in [7, 11) is 0. The number of carboxylic acids is 1. The first kappa shape index (κ1) is 19.0. The van der Waals surface area contributed by atoms with Crippen LogP contribution in [-0.4, -0.2) is 29.7 Å². The van der Waals surface area contributed by atoms with Crippen LogP contribution in [0.3, 0.4) is 0 Å². The van der Waals surface area contributed by atoms with E-state index in [0.717, 1.165) is 12.0 Å². The van der Waals surface area contributed by atoms with E-state index in [1.807, 2.05) is 35.7 Å². The summed E-state index contributed by atoms with van der Waals surface area (Å²) < 4.78 is 0. The van der Waals surface area contributed by atoms with Crippen molar-refractivity contribution in [1.82, 2.24) is 10.6 Å². The average Bonchev–Trinajstić information content (AvgIpc) is 2.99. The van der Waals surface area contributed by atoms with Gasteiger partial charge in [-0.15, -0.1) is 11.3 Å². The lowest BCUT2D eigenvalue weighted by Gasteiger charge is -2.18. The molecule has 0 aliphatic rings. The first-order chi connectivity index (χ1) is 12.0. The van der Waals surface area contributed by atoms with Gasteiger partial charge in [0.1, 0.15) is 0 Å². The van der Waals surface area contributed by atoms with Crippen LogP contribution in [0.15, 0.2) is 41.8 Å². The van der Waals surface area contributed by atoms with Gasteiger partial charge in [0.15, 0.2) is 0 Å². The maximum atomic E-state index is 12.1. The third-order valence-electron chi connectivity index (χ3n) is 3.97. The molecule has 1 aromatic carbocycles. The molecule has 3 N–H and O–H groups in total. The van der Waals surface area contributed by atoms with Gasteiger partial charge in [0.05, 0.1) is 0 Å².